The summed E-state index contributed by atoms with van der Waals surface area (Å²) in [4.78, 5) is 11.8. The van der Waals surface area contributed by atoms with Crippen LogP contribution in [0.5, 0.6) is 0 Å². The van der Waals surface area contributed by atoms with Crippen LogP contribution in [0.1, 0.15) is 33.1 Å². The first-order valence-corrected chi connectivity index (χ1v) is 5.20. The minimum absolute atomic E-state index is 0.0522. The third-order valence-corrected chi connectivity index (χ3v) is 2.84. The number of rotatable bonds is 3. The summed E-state index contributed by atoms with van der Waals surface area (Å²) in [5, 5.41) is 11.8. The predicted molar refractivity (Wildman–Crippen MR) is 57.5 cm³/mol. The van der Waals surface area contributed by atoms with Crippen molar-refractivity contribution < 1.29 is 4.79 Å². The number of amides is 1. The lowest BCUT2D eigenvalue weighted by Crippen LogP contribution is -2.50. The molecule has 0 heterocycles. The van der Waals surface area contributed by atoms with Crippen LogP contribution in [0.3, 0.4) is 0 Å². The van der Waals surface area contributed by atoms with Crippen LogP contribution in [0, 0.1) is 35.0 Å². The summed E-state index contributed by atoms with van der Waals surface area (Å²) in [6.07, 6.45) is 6.98. The Morgan fingerprint density at radius 2 is 2.33 bits per heavy atom. The van der Waals surface area contributed by atoms with Gasteiger partial charge in [0.15, 0.2) is 0 Å². The second-order valence-corrected chi connectivity index (χ2v) is 4.49. The molecule has 1 aliphatic carbocycles. The van der Waals surface area contributed by atoms with Gasteiger partial charge in [0.05, 0.1) is 6.07 Å². The van der Waals surface area contributed by atoms with E-state index in [-0.39, 0.29) is 11.9 Å². The van der Waals surface area contributed by atoms with Crippen LogP contribution in [0.2, 0.25) is 0 Å². The molecule has 0 aromatic heterocycles. The van der Waals surface area contributed by atoms with Crippen LogP contribution < -0.4 is 5.32 Å². The summed E-state index contributed by atoms with van der Waals surface area (Å²) in [7, 11) is 0. The van der Waals surface area contributed by atoms with Crippen LogP contribution in [-0.4, -0.2) is 11.9 Å². The molecular formula is C12H16N2O. The van der Waals surface area contributed by atoms with E-state index in [0.29, 0.717) is 25.2 Å². The van der Waals surface area contributed by atoms with E-state index in [0.717, 1.165) is 0 Å². The topological polar surface area (TPSA) is 52.9 Å². The van der Waals surface area contributed by atoms with E-state index in [4.69, 9.17) is 11.7 Å². The smallest absolute Gasteiger partial charge is 0.240 e. The molecule has 0 aliphatic heterocycles. The average Bonchev–Trinajstić information content (AvgIpc) is 2.12. The first-order valence-electron chi connectivity index (χ1n) is 5.20. The maximum Gasteiger partial charge on any atom is 0.240 e. The van der Waals surface area contributed by atoms with E-state index in [1.54, 1.807) is 0 Å². The van der Waals surface area contributed by atoms with Gasteiger partial charge in [-0.25, -0.2) is 0 Å². The molecule has 1 amide bonds. The van der Waals surface area contributed by atoms with Gasteiger partial charge in [-0.3, -0.25) is 4.79 Å². The van der Waals surface area contributed by atoms with Crippen molar-refractivity contribution in [1.29, 1.82) is 5.26 Å². The first-order chi connectivity index (χ1) is 7.04. The quantitative estimate of drug-likeness (QED) is 0.707. The SMILES string of the molecule is C#CCC(C)NC(=O)C1(C#N)CC(C)C1. The third-order valence-electron chi connectivity index (χ3n) is 2.84. The van der Waals surface area contributed by atoms with Crippen molar-refractivity contribution in [2.75, 3.05) is 0 Å². The standard InChI is InChI=1S/C12H16N2O/c1-4-5-10(3)14-11(15)12(8-13)6-9(2)7-12/h1,9-10H,5-7H2,2-3H3,(H,14,15). The Bertz CT molecular complexity index is 329. The summed E-state index contributed by atoms with van der Waals surface area (Å²) in [6.45, 7) is 3.90. The van der Waals surface area contributed by atoms with Gasteiger partial charge >= 0.3 is 0 Å². The van der Waals surface area contributed by atoms with Crippen LogP contribution in [0.25, 0.3) is 0 Å². The molecule has 1 atom stereocenters. The Morgan fingerprint density at radius 1 is 1.73 bits per heavy atom. The van der Waals surface area contributed by atoms with Gasteiger partial charge in [0, 0.05) is 12.5 Å². The molecule has 0 bridgehead atoms. The molecule has 0 aromatic rings. The number of carbonyl (C=O) groups excluding carboxylic acids is 1. The van der Waals surface area contributed by atoms with Gasteiger partial charge in [0.1, 0.15) is 5.41 Å². The van der Waals surface area contributed by atoms with E-state index >= 15 is 0 Å². The summed E-state index contributed by atoms with van der Waals surface area (Å²) < 4.78 is 0. The number of nitriles is 1. The summed E-state index contributed by atoms with van der Waals surface area (Å²) >= 11 is 0. The molecule has 1 aliphatic rings. The molecule has 80 valence electrons. The van der Waals surface area contributed by atoms with E-state index in [1.807, 2.05) is 13.8 Å². The molecule has 0 aromatic carbocycles. The molecular weight excluding hydrogens is 188 g/mol. The summed E-state index contributed by atoms with van der Waals surface area (Å²) in [5.41, 5.74) is -0.789. The van der Waals surface area contributed by atoms with Crippen LogP contribution in [0.4, 0.5) is 0 Å². The molecule has 1 unspecified atom stereocenters. The molecule has 3 nitrogen and oxygen atoms in total. The lowest BCUT2D eigenvalue weighted by Gasteiger charge is -2.39. The Hall–Kier alpha value is -1.48. The fourth-order valence-electron chi connectivity index (χ4n) is 2.05. The molecule has 0 radical (unpaired) electrons. The first kappa shape index (κ1) is 11.6. The van der Waals surface area contributed by atoms with Gasteiger partial charge in [-0.2, -0.15) is 5.26 Å². The Labute approximate surface area is 90.9 Å². The Balaban J connectivity index is 2.54. The Kier molecular flexibility index (Phi) is 3.37. The molecule has 15 heavy (non-hydrogen) atoms. The van der Waals surface area contributed by atoms with Crippen molar-refractivity contribution in [2.24, 2.45) is 11.3 Å². The third kappa shape index (κ3) is 2.30. The molecule has 1 saturated carbocycles. The highest BCUT2D eigenvalue weighted by Crippen LogP contribution is 2.45. The zero-order valence-corrected chi connectivity index (χ0v) is 9.21. The lowest BCUT2D eigenvalue weighted by atomic mass is 9.63. The second kappa shape index (κ2) is 4.36. The number of hydrogen-bond acceptors (Lipinski definition) is 2. The van der Waals surface area contributed by atoms with Crippen molar-refractivity contribution in [1.82, 2.24) is 5.32 Å². The fourth-order valence-corrected chi connectivity index (χ4v) is 2.05. The van der Waals surface area contributed by atoms with Crippen molar-refractivity contribution in [3.05, 3.63) is 0 Å². The highest BCUT2D eigenvalue weighted by molar-refractivity contribution is 5.86. The van der Waals surface area contributed by atoms with Crippen molar-refractivity contribution in [3.8, 4) is 18.4 Å². The lowest BCUT2D eigenvalue weighted by molar-refractivity contribution is -0.134. The largest absolute Gasteiger partial charge is 0.351 e. The average molecular weight is 204 g/mol. The van der Waals surface area contributed by atoms with E-state index in [2.05, 4.69) is 17.3 Å². The zero-order valence-electron chi connectivity index (χ0n) is 9.21. The minimum Gasteiger partial charge on any atom is -0.351 e. The normalized spacial score (nSPS) is 30.5. The molecule has 1 rings (SSSR count). The molecule has 0 saturated heterocycles. The van der Waals surface area contributed by atoms with Gasteiger partial charge in [-0.15, -0.1) is 12.3 Å². The molecule has 1 N–H and O–H groups in total. The summed E-state index contributed by atoms with van der Waals surface area (Å²) in [5.74, 6) is 2.80. The number of hydrogen-bond donors (Lipinski definition) is 1. The Morgan fingerprint density at radius 3 is 2.73 bits per heavy atom. The van der Waals surface area contributed by atoms with Crippen LogP contribution in [-0.2, 0) is 4.79 Å². The maximum atomic E-state index is 11.8. The van der Waals surface area contributed by atoms with Crippen molar-refractivity contribution in [3.63, 3.8) is 0 Å². The molecule has 0 spiro atoms. The van der Waals surface area contributed by atoms with Gasteiger partial charge in [-0.05, 0) is 25.7 Å². The second-order valence-electron chi connectivity index (χ2n) is 4.49. The number of carbonyl (C=O) groups is 1. The van der Waals surface area contributed by atoms with Crippen LogP contribution >= 0.6 is 0 Å². The highest BCUT2D eigenvalue weighted by atomic mass is 16.2. The minimum atomic E-state index is -0.789. The van der Waals surface area contributed by atoms with Gasteiger partial charge in [-0.1, -0.05) is 6.92 Å². The van der Waals surface area contributed by atoms with E-state index < -0.39 is 5.41 Å². The molecule has 3 heteroatoms. The van der Waals surface area contributed by atoms with E-state index in [9.17, 15) is 4.79 Å². The number of terminal acetylenes is 1. The highest BCUT2D eigenvalue weighted by Gasteiger charge is 2.49. The fraction of sp³-hybridized carbons (Fsp3) is 0.667. The monoisotopic (exact) mass is 204 g/mol. The van der Waals surface area contributed by atoms with Crippen LogP contribution in [0.15, 0.2) is 0 Å². The predicted octanol–water partition coefficient (Wildman–Crippen LogP) is 1.45. The van der Waals surface area contributed by atoms with Crippen molar-refractivity contribution in [2.45, 2.75) is 39.2 Å². The van der Waals surface area contributed by atoms with Gasteiger partial charge < -0.3 is 5.32 Å². The maximum absolute atomic E-state index is 11.8. The molecule has 1 fully saturated rings. The van der Waals surface area contributed by atoms with E-state index in [1.165, 1.54) is 0 Å². The summed E-state index contributed by atoms with van der Waals surface area (Å²) in [6, 6.07) is 2.08. The van der Waals surface area contributed by atoms with Crippen molar-refractivity contribution >= 4 is 5.91 Å². The zero-order chi connectivity index (χ0) is 11.5. The van der Waals surface area contributed by atoms with Gasteiger partial charge in [0.2, 0.25) is 5.91 Å². The number of nitrogens with zero attached hydrogens (tertiary/aromatic N) is 1. The number of nitrogens with one attached hydrogen (secondary N) is 1. The van der Waals surface area contributed by atoms with Gasteiger partial charge in [0.25, 0.3) is 0 Å².